The monoisotopic (exact) mass is 344 g/mol. The van der Waals surface area contributed by atoms with E-state index in [9.17, 15) is 4.79 Å². The van der Waals surface area contributed by atoms with Crippen LogP contribution in [0.5, 0.6) is 0 Å². The summed E-state index contributed by atoms with van der Waals surface area (Å²) in [6, 6.07) is 3.56. The number of aromatic nitrogens is 3. The number of carbonyl (C=O) groups excluding carboxylic acids is 1. The van der Waals surface area contributed by atoms with Gasteiger partial charge in [-0.15, -0.1) is 0 Å². The summed E-state index contributed by atoms with van der Waals surface area (Å²) in [5.41, 5.74) is 0.973. The number of likely N-dealkylation sites (tertiary alicyclic amines) is 1. The Morgan fingerprint density at radius 1 is 1.38 bits per heavy atom. The number of hydrogen-bond acceptors (Lipinski definition) is 7. The molecule has 0 N–H and O–H groups in total. The fourth-order valence-corrected chi connectivity index (χ4v) is 3.63. The minimum Gasteiger partial charge on any atom is -0.351 e. The number of nitrogens with zero attached hydrogens (tertiary/aromatic N) is 4. The normalized spacial score (nSPS) is 18.0. The molecule has 0 aliphatic carbocycles. The Bertz CT molecular complexity index is 797. The molecule has 0 spiro atoms. The molecule has 0 radical (unpaired) electrons. The zero-order chi connectivity index (χ0) is 16.4. The second kappa shape index (κ2) is 6.56. The summed E-state index contributed by atoms with van der Waals surface area (Å²) in [4.78, 5) is 18.6. The molecule has 0 saturated carbocycles. The van der Waals surface area contributed by atoms with Crippen LogP contribution in [0.25, 0.3) is 11.4 Å². The van der Waals surface area contributed by atoms with Crippen LogP contribution in [0, 0.1) is 5.92 Å². The Hall–Kier alpha value is -2.48. The SMILES string of the molecule is O=C(c1ccno1)N1CCC[C@@H](Cc2nc(-c3ccsc3)no2)C1. The van der Waals surface area contributed by atoms with E-state index in [0.717, 1.165) is 24.9 Å². The molecular weight excluding hydrogens is 328 g/mol. The van der Waals surface area contributed by atoms with Gasteiger partial charge in [-0.1, -0.05) is 10.3 Å². The standard InChI is InChI=1S/C16H16N4O3S/c21-16(13-3-5-17-22-13)20-6-1-2-11(9-20)8-14-18-15(19-23-14)12-4-7-24-10-12/h3-5,7,10-11H,1-2,6,8-9H2/t11-/m0/s1. The van der Waals surface area contributed by atoms with Crippen molar-refractivity contribution >= 4 is 17.2 Å². The van der Waals surface area contributed by atoms with Crippen LogP contribution in [0.4, 0.5) is 0 Å². The highest BCUT2D eigenvalue weighted by Crippen LogP contribution is 2.24. The number of thiophene rings is 1. The van der Waals surface area contributed by atoms with Gasteiger partial charge in [0.05, 0.1) is 6.20 Å². The van der Waals surface area contributed by atoms with E-state index in [0.29, 0.717) is 30.6 Å². The van der Waals surface area contributed by atoms with Crippen molar-refractivity contribution in [3.8, 4) is 11.4 Å². The third-order valence-corrected chi connectivity index (χ3v) is 4.85. The molecule has 4 heterocycles. The van der Waals surface area contributed by atoms with Gasteiger partial charge >= 0.3 is 0 Å². The summed E-state index contributed by atoms with van der Waals surface area (Å²) in [6.45, 7) is 1.40. The van der Waals surface area contributed by atoms with Gasteiger partial charge in [-0.2, -0.15) is 16.3 Å². The molecule has 3 aromatic rings. The van der Waals surface area contributed by atoms with Gasteiger partial charge in [-0.25, -0.2) is 0 Å². The predicted molar refractivity (Wildman–Crippen MR) is 86.4 cm³/mol. The highest BCUT2D eigenvalue weighted by Gasteiger charge is 2.27. The Labute approximate surface area is 142 Å². The van der Waals surface area contributed by atoms with Crippen LogP contribution in [0.15, 0.2) is 38.1 Å². The molecule has 0 bridgehead atoms. The van der Waals surface area contributed by atoms with Crippen LogP contribution in [0.3, 0.4) is 0 Å². The van der Waals surface area contributed by atoms with Gasteiger partial charge in [0.1, 0.15) is 0 Å². The zero-order valence-corrected chi connectivity index (χ0v) is 13.7. The van der Waals surface area contributed by atoms with Crippen molar-refractivity contribution < 1.29 is 13.8 Å². The van der Waals surface area contributed by atoms with Gasteiger partial charge in [0.15, 0.2) is 0 Å². The lowest BCUT2D eigenvalue weighted by atomic mass is 9.94. The number of hydrogen-bond donors (Lipinski definition) is 0. The first-order valence-electron chi connectivity index (χ1n) is 7.84. The van der Waals surface area contributed by atoms with E-state index < -0.39 is 0 Å². The van der Waals surface area contributed by atoms with Crippen molar-refractivity contribution in [2.45, 2.75) is 19.3 Å². The van der Waals surface area contributed by atoms with E-state index >= 15 is 0 Å². The van der Waals surface area contributed by atoms with Crippen molar-refractivity contribution in [1.82, 2.24) is 20.2 Å². The van der Waals surface area contributed by atoms with E-state index in [-0.39, 0.29) is 11.7 Å². The molecule has 124 valence electrons. The maximum Gasteiger partial charge on any atom is 0.292 e. The molecule has 8 heteroatoms. The summed E-state index contributed by atoms with van der Waals surface area (Å²) < 4.78 is 10.3. The third kappa shape index (κ3) is 3.09. The van der Waals surface area contributed by atoms with E-state index in [2.05, 4.69) is 15.3 Å². The van der Waals surface area contributed by atoms with Crippen molar-refractivity contribution in [2.75, 3.05) is 13.1 Å². The molecule has 24 heavy (non-hydrogen) atoms. The van der Waals surface area contributed by atoms with Gasteiger partial charge < -0.3 is 13.9 Å². The maximum atomic E-state index is 12.4. The van der Waals surface area contributed by atoms with Crippen molar-refractivity contribution in [2.24, 2.45) is 5.92 Å². The molecule has 0 unspecified atom stereocenters. The van der Waals surface area contributed by atoms with E-state index in [1.807, 2.05) is 21.7 Å². The Morgan fingerprint density at radius 3 is 3.12 bits per heavy atom. The minimum atomic E-state index is -0.110. The zero-order valence-electron chi connectivity index (χ0n) is 12.9. The van der Waals surface area contributed by atoms with Crippen LogP contribution < -0.4 is 0 Å². The fourth-order valence-electron chi connectivity index (χ4n) is 2.99. The van der Waals surface area contributed by atoms with Crippen LogP contribution in [0.2, 0.25) is 0 Å². The van der Waals surface area contributed by atoms with Crippen LogP contribution in [-0.2, 0) is 6.42 Å². The average molecular weight is 344 g/mol. The number of carbonyl (C=O) groups is 1. The Morgan fingerprint density at radius 2 is 2.33 bits per heavy atom. The van der Waals surface area contributed by atoms with E-state index in [4.69, 9.17) is 9.05 Å². The highest BCUT2D eigenvalue weighted by molar-refractivity contribution is 7.08. The molecule has 1 aliphatic rings. The molecule has 7 nitrogen and oxygen atoms in total. The van der Waals surface area contributed by atoms with Gasteiger partial charge in [-0.05, 0) is 30.2 Å². The van der Waals surface area contributed by atoms with E-state index in [1.54, 1.807) is 17.4 Å². The molecule has 1 fully saturated rings. The molecule has 1 aliphatic heterocycles. The number of rotatable bonds is 4. The van der Waals surface area contributed by atoms with Crippen molar-refractivity contribution in [3.63, 3.8) is 0 Å². The topological polar surface area (TPSA) is 85.3 Å². The van der Waals surface area contributed by atoms with Gasteiger partial charge in [0.2, 0.25) is 17.5 Å². The van der Waals surface area contributed by atoms with Crippen LogP contribution >= 0.6 is 11.3 Å². The lowest BCUT2D eigenvalue weighted by Crippen LogP contribution is -2.40. The molecule has 3 aromatic heterocycles. The number of amides is 1. The smallest absolute Gasteiger partial charge is 0.292 e. The third-order valence-electron chi connectivity index (χ3n) is 4.17. The first kappa shape index (κ1) is 15.1. The van der Waals surface area contributed by atoms with Crippen LogP contribution in [0.1, 0.15) is 29.3 Å². The molecule has 1 atom stereocenters. The quantitative estimate of drug-likeness (QED) is 0.723. The van der Waals surface area contributed by atoms with Gasteiger partial charge in [0, 0.05) is 36.5 Å². The van der Waals surface area contributed by atoms with E-state index in [1.165, 1.54) is 6.20 Å². The molecule has 1 amide bonds. The van der Waals surface area contributed by atoms with Crippen LogP contribution in [-0.4, -0.2) is 39.2 Å². The Balaban J connectivity index is 1.41. The summed E-state index contributed by atoms with van der Waals surface area (Å²) in [5.74, 6) is 1.73. The number of piperidine rings is 1. The fraction of sp³-hybridized carbons (Fsp3) is 0.375. The molecule has 1 saturated heterocycles. The van der Waals surface area contributed by atoms with Gasteiger partial charge in [-0.3, -0.25) is 4.79 Å². The first-order chi connectivity index (χ1) is 11.8. The second-order valence-electron chi connectivity index (χ2n) is 5.86. The molecular formula is C16H16N4O3S. The van der Waals surface area contributed by atoms with Crippen molar-refractivity contribution in [1.29, 1.82) is 0 Å². The summed E-state index contributed by atoms with van der Waals surface area (Å²) >= 11 is 1.60. The highest BCUT2D eigenvalue weighted by atomic mass is 32.1. The lowest BCUT2D eigenvalue weighted by molar-refractivity contribution is 0.0626. The summed E-state index contributed by atoms with van der Waals surface area (Å²) in [5, 5.41) is 11.6. The summed E-state index contributed by atoms with van der Waals surface area (Å²) in [7, 11) is 0. The molecule has 4 rings (SSSR count). The maximum absolute atomic E-state index is 12.4. The minimum absolute atomic E-state index is 0.110. The van der Waals surface area contributed by atoms with Gasteiger partial charge in [0.25, 0.3) is 5.91 Å². The average Bonchev–Trinajstić information content (AvgIpc) is 3.35. The first-order valence-corrected chi connectivity index (χ1v) is 8.79. The second-order valence-corrected chi connectivity index (χ2v) is 6.64. The predicted octanol–water partition coefficient (Wildman–Crippen LogP) is 2.88. The lowest BCUT2D eigenvalue weighted by Gasteiger charge is -2.31. The van der Waals surface area contributed by atoms with Crippen molar-refractivity contribution in [3.05, 3.63) is 40.7 Å². The largest absolute Gasteiger partial charge is 0.351 e. The molecule has 0 aromatic carbocycles. The Kier molecular flexibility index (Phi) is 4.12. The summed E-state index contributed by atoms with van der Waals surface area (Å²) in [6.07, 6.45) is 4.16.